The van der Waals surface area contributed by atoms with E-state index in [1.54, 1.807) is 24.3 Å². The number of carbonyl (C=O) groups is 1. The number of carbonyl (C=O) groups excluding carboxylic acids is 1. The van der Waals surface area contributed by atoms with Crippen LogP contribution in [0.5, 0.6) is 5.75 Å². The normalized spacial score (nSPS) is 11.0. The Bertz CT molecular complexity index is 899. The van der Waals surface area contributed by atoms with Crippen LogP contribution < -0.4 is 10.1 Å². The van der Waals surface area contributed by atoms with Gasteiger partial charge in [-0.1, -0.05) is 17.7 Å². The molecule has 7 heteroatoms. The summed E-state index contributed by atoms with van der Waals surface area (Å²) in [4.78, 5) is 12.4. The van der Waals surface area contributed by atoms with Gasteiger partial charge in [0, 0.05) is 10.7 Å². The lowest BCUT2D eigenvalue weighted by atomic mass is 10.1. The van der Waals surface area contributed by atoms with E-state index in [0.29, 0.717) is 17.3 Å². The molecule has 1 N–H and O–H groups in total. The van der Waals surface area contributed by atoms with Crippen LogP contribution in [-0.2, 0) is 4.79 Å². The molecular formula is C19H15BrClIN2O2. The van der Waals surface area contributed by atoms with E-state index in [1.165, 1.54) is 6.08 Å². The second-order valence-corrected chi connectivity index (χ2v) is 7.76. The van der Waals surface area contributed by atoms with Crippen molar-refractivity contribution in [3.8, 4) is 11.8 Å². The van der Waals surface area contributed by atoms with Crippen LogP contribution in [0.1, 0.15) is 18.1 Å². The number of hydrogen-bond donors (Lipinski definition) is 1. The first-order chi connectivity index (χ1) is 12.3. The third kappa shape index (κ3) is 5.22. The van der Waals surface area contributed by atoms with Crippen LogP contribution in [0.2, 0.25) is 5.02 Å². The summed E-state index contributed by atoms with van der Waals surface area (Å²) in [5.41, 5.74) is 2.16. The molecule has 2 rings (SSSR count). The zero-order valence-electron chi connectivity index (χ0n) is 14.1. The molecule has 134 valence electrons. The van der Waals surface area contributed by atoms with Crippen molar-refractivity contribution < 1.29 is 9.53 Å². The summed E-state index contributed by atoms with van der Waals surface area (Å²) in [7, 11) is 0. The zero-order chi connectivity index (χ0) is 19.3. The maximum Gasteiger partial charge on any atom is 0.266 e. The number of benzene rings is 2. The molecule has 2 aromatic rings. The van der Waals surface area contributed by atoms with E-state index in [9.17, 15) is 10.1 Å². The van der Waals surface area contributed by atoms with Gasteiger partial charge in [0.25, 0.3) is 5.91 Å². The molecule has 0 bridgehead atoms. The van der Waals surface area contributed by atoms with E-state index in [4.69, 9.17) is 16.3 Å². The van der Waals surface area contributed by atoms with Gasteiger partial charge in [0.15, 0.2) is 0 Å². The van der Waals surface area contributed by atoms with E-state index in [-0.39, 0.29) is 5.57 Å². The highest BCUT2D eigenvalue weighted by Gasteiger charge is 2.12. The molecule has 0 atom stereocenters. The molecule has 0 aliphatic carbocycles. The minimum absolute atomic E-state index is 0.00597. The lowest BCUT2D eigenvalue weighted by Crippen LogP contribution is -2.13. The van der Waals surface area contributed by atoms with Crippen LogP contribution in [0.3, 0.4) is 0 Å². The number of nitriles is 1. The van der Waals surface area contributed by atoms with Gasteiger partial charge in [-0.25, -0.2) is 0 Å². The number of nitrogens with one attached hydrogen (secondary N) is 1. The summed E-state index contributed by atoms with van der Waals surface area (Å²) >= 11 is 11.7. The molecule has 4 nitrogen and oxygen atoms in total. The van der Waals surface area contributed by atoms with E-state index in [1.807, 2.05) is 26.0 Å². The SMILES string of the molecule is CCOc1c(Br)cc(/C=C(/C#N)C(=O)Nc2ccc(C)c(Cl)c2)cc1I. The van der Waals surface area contributed by atoms with Crippen LogP contribution in [0.15, 0.2) is 40.4 Å². The maximum absolute atomic E-state index is 12.4. The molecular weight excluding hydrogens is 530 g/mol. The molecule has 0 aromatic heterocycles. The Hall–Kier alpha value is -1.56. The van der Waals surface area contributed by atoms with Crippen LogP contribution in [0.25, 0.3) is 6.08 Å². The summed E-state index contributed by atoms with van der Waals surface area (Å²) in [6.07, 6.45) is 1.54. The van der Waals surface area contributed by atoms with Gasteiger partial charge in [-0.2, -0.15) is 5.26 Å². The van der Waals surface area contributed by atoms with Gasteiger partial charge < -0.3 is 10.1 Å². The van der Waals surface area contributed by atoms with Gasteiger partial charge in [0.1, 0.15) is 17.4 Å². The van der Waals surface area contributed by atoms with E-state index in [0.717, 1.165) is 24.9 Å². The first-order valence-corrected chi connectivity index (χ1v) is 9.91. The molecule has 0 aliphatic rings. The average Bonchev–Trinajstić information content (AvgIpc) is 2.59. The van der Waals surface area contributed by atoms with Crippen molar-refractivity contribution in [2.75, 3.05) is 11.9 Å². The third-order valence-corrected chi connectivity index (χ3v) is 5.21. The average molecular weight is 546 g/mol. The van der Waals surface area contributed by atoms with Crippen LogP contribution in [-0.4, -0.2) is 12.5 Å². The fraction of sp³-hybridized carbons (Fsp3) is 0.158. The van der Waals surface area contributed by atoms with Gasteiger partial charge in [-0.05, 0) is 93.8 Å². The molecule has 26 heavy (non-hydrogen) atoms. The highest BCUT2D eigenvalue weighted by molar-refractivity contribution is 14.1. The Kier molecular flexibility index (Phi) is 7.50. The number of rotatable bonds is 5. The largest absolute Gasteiger partial charge is 0.492 e. The Balaban J connectivity index is 2.28. The molecule has 1 amide bonds. The fourth-order valence-electron chi connectivity index (χ4n) is 2.13. The van der Waals surface area contributed by atoms with E-state index < -0.39 is 5.91 Å². The van der Waals surface area contributed by atoms with Crippen molar-refractivity contribution in [2.24, 2.45) is 0 Å². The predicted molar refractivity (Wildman–Crippen MR) is 116 cm³/mol. The molecule has 0 fully saturated rings. The van der Waals surface area contributed by atoms with Gasteiger partial charge in [-0.3, -0.25) is 4.79 Å². The standard InChI is InChI=1S/C19H15BrClIN2O2/c1-3-26-18-15(20)7-12(8-17(18)22)6-13(10-23)19(25)24-14-5-4-11(2)16(21)9-14/h4-9H,3H2,1-2H3,(H,24,25)/b13-6-. The minimum atomic E-state index is -0.493. The second-order valence-electron chi connectivity index (χ2n) is 5.33. The Labute approximate surface area is 179 Å². The molecule has 0 unspecified atom stereocenters. The van der Waals surface area contributed by atoms with Crippen molar-refractivity contribution in [1.82, 2.24) is 0 Å². The molecule has 0 heterocycles. The van der Waals surface area contributed by atoms with Crippen LogP contribution >= 0.6 is 50.1 Å². The van der Waals surface area contributed by atoms with Crippen molar-refractivity contribution in [3.63, 3.8) is 0 Å². The first-order valence-electron chi connectivity index (χ1n) is 7.66. The number of nitrogens with zero attached hydrogens (tertiary/aromatic N) is 1. The molecule has 2 aromatic carbocycles. The maximum atomic E-state index is 12.4. The monoisotopic (exact) mass is 544 g/mol. The molecule has 0 saturated heterocycles. The topological polar surface area (TPSA) is 62.1 Å². The Morgan fingerprint density at radius 1 is 1.42 bits per heavy atom. The lowest BCUT2D eigenvalue weighted by molar-refractivity contribution is -0.112. The number of ether oxygens (including phenoxy) is 1. The lowest BCUT2D eigenvalue weighted by Gasteiger charge is -2.10. The van der Waals surface area contributed by atoms with Crippen molar-refractivity contribution >= 4 is 67.8 Å². The summed E-state index contributed by atoms with van der Waals surface area (Å²) in [6.45, 7) is 4.33. The molecule has 0 saturated carbocycles. The summed E-state index contributed by atoms with van der Waals surface area (Å²) in [5, 5.41) is 12.6. The highest BCUT2D eigenvalue weighted by atomic mass is 127. The zero-order valence-corrected chi connectivity index (χ0v) is 18.6. The quantitative estimate of drug-likeness (QED) is 0.287. The van der Waals surface area contributed by atoms with Crippen LogP contribution in [0, 0.1) is 21.8 Å². The number of amides is 1. The minimum Gasteiger partial charge on any atom is -0.492 e. The third-order valence-electron chi connectivity index (χ3n) is 3.42. The number of anilines is 1. The Morgan fingerprint density at radius 3 is 2.73 bits per heavy atom. The van der Waals surface area contributed by atoms with Crippen molar-refractivity contribution in [3.05, 3.63) is 60.1 Å². The highest BCUT2D eigenvalue weighted by Crippen LogP contribution is 2.32. The van der Waals surface area contributed by atoms with Gasteiger partial charge in [0.2, 0.25) is 0 Å². The second kappa shape index (κ2) is 9.40. The predicted octanol–water partition coefficient (Wildman–Crippen LogP) is 5.96. The van der Waals surface area contributed by atoms with Crippen LogP contribution in [0.4, 0.5) is 5.69 Å². The molecule has 0 radical (unpaired) electrons. The number of aryl methyl sites for hydroxylation is 1. The van der Waals surface area contributed by atoms with Crippen molar-refractivity contribution in [2.45, 2.75) is 13.8 Å². The van der Waals surface area contributed by atoms with Gasteiger partial charge in [-0.15, -0.1) is 0 Å². The molecule has 0 spiro atoms. The van der Waals surface area contributed by atoms with E-state index >= 15 is 0 Å². The number of halogens is 3. The van der Waals surface area contributed by atoms with Crippen molar-refractivity contribution in [1.29, 1.82) is 5.26 Å². The van der Waals surface area contributed by atoms with E-state index in [2.05, 4.69) is 43.8 Å². The van der Waals surface area contributed by atoms with Gasteiger partial charge in [0.05, 0.1) is 14.6 Å². The summed E-state index contributed by atoms with van der Waals surface area (Å²) < 4.78 is 7.22. The smallest absolute Gasteiger partial charge is 0.266 e. The summed E-state index contributed by atoms with van der Waals surface area (Å²) in [5.74, 6) is 0.245. The summed E-state index contributed by atoms with van der Waals surface area (Å²) in [6, 6.07) is 10.8. The number of hydrogen-bond acceptors (Lipinski definition) is 3. The fourth-order valence-corrected chi connectivity index (χ4v) is 4.08. The Morgan fingerprint density at radius 2 is 2.15 bits per heavy atom. The first kappa shape index (κ1) is 20.7. The van der Waals surface area contributed by atoms with Gasteiger partial charge >= 0.3 is 0 Å². The molecule has 0 aliphatic heterocycles.